The first-order valence-electron chi connectivity index (χ1n) is 6.48. The Morgan fingerprint density at radius 1 is 1.45 bits per heavy atom. The summed E-state index contributed by atoms with van der Waals surface area (Å²) >= 11 is 0. The van der Waals surface area contributed by atoms with Gasteiger partial charge in [0.2, 0.25) is 0 Å². The molecule has 1 heterocycles. The van der Waals surface area contributed by atoms with Crippen LogP contribution in [0, 0.1) is 6.57 Å². The van der Waals surface area contributed by atoms with Crippen molar-refractivity contribution in [3.05, 3.63) is 52.6 Å². The molecule has 7 heteroatoms. The number of nitrogens with zero attached hydrogens (tertiary/aromatic N) is 3. The molecule has 2 amide bonds. The predicted molar refractivity (Wildman–Crippen MR) is 77.6 cm³/mol. The number of likely N-dealkylation sites (N-methyl/N-ethyl adjacent to an activating group) is 1. The Morgan fingerprint density at radius 2 is 2.09 bits per heavy atom. The third kappa shape index (κ3) is 2.92. The van der Waals surface area contributed by atoms with Crippen LogP contribution in [0.15, 0.2) is 35.6 Å². The van der Waals surface area contributed by atoms with Gasteiger partial charge in [-0.2, -0.15) is 0 Å². The van der Waals surface area contributed by atoms with Gasteiger partial charge in [-0.15, -0.1) is 0 Å². The van der Waals surface area contributed by atoms with Crippen LogP contribution in [0.5, 0.6) is 0 Å². The molecular formula is C15H15N3O4. The van der Waals surface area contributed by atoms with E-state index in [-0.39, 0.29) is 18.7 Å². The third-order valence-electron chi connectivity index (χ3n) is 3.33. The molecule has 0 spiro atoms. The number of hydrogen-bond acceptors (Lipinski definition) is 4. The van der Waals surface area contributed by atoms with Gasteiger partial charge in [0, 0.05) is 7.05 Å². The Kier molecular flexibility index (Phi) is 4.44. The molecule has 114 valence electrons. The summed E-state index contributed by atoms with van der Waals surface area (Å²) < 4.78 is 0. The van der Waals surface area contributed by atoms with Gasteiger partial charge in [0.1, 0.15) is 0 Å². The van der Waals surface area contributed by atoms with Gasteiger partial charge >= 0.3 is 0 Å². The summed E-state index contributed by atoms with van der Waals surface area (Å²) in [6, 6.07) is 6.72. The minimum absolute atomic E-state index is 0.00660. The number of amides is 2. The fraction of sp³-hybridized carbons (Fsp3) is 0.267. The zero-order chi connectivity index (χ0) is 16.3. The molecule has 0 saturated carbocycles. The molecule has 0 saturated heterocycles. The van der Waals surface area contributed by atoms with Crippen molar-refractivity contribution in [3.8, 4) is 0 Å². The molecule has 0 fully saturated rings. The molecule has 7 nitrogen and oxygen atoms in total. The molecule has 22 heavy (non-hydrogen) atoms. The van der Waals surface area contributed by atoms with Gasteiger partial charge in [0.15, 0.2) is 11.4 Å². The molecule has 0 unspecified atom stereocenters. The third-order valence-corrected chi connectivity index (χ3v) is 3.33. The zero-order valence-corrected chi connectivity index (χ0v) is 12.2. The fourth-order valence-electron chi connectivity index (χ4n) is 2.07. The number of benzene rings is 1. The van der Waals surface area contributed by atoms with Gasteiger partial charge in [0.05, 0.1) is 32.3 Å². The average molecular weight is 301 g/mol. The Labute approximate surface area is 127 Å². The van der Waals surface area contributed by atoms with Crippen molar-refractivity contribution in [2.24, 2.45) is 0 Å². The minimum Gasteiger partial charge on any atom is -0.503 e. The Morgan fingerprint density at radius 3 is 2.55 bits per heavy atom. The highest BCUT2D eigenvalue weighted by molar-refractivity contribution is 6.06. The van der Waals surface area contributed by atoms with E-state index in [1.54, 1.807) is 24.3 Å². The second-order valence-electron chi connectivity index (χ2n) is 4.79. The van der Waals surface area contributed by atoms with E-state index in [2.05, 4.69) is 4.85 Å². The van der Waals surface area contributed by atoms with Crippen molar-refractivity contribution in [2.75, 3.05) is 20.7 Å². The molecular weight excluding hydrogens is 286 g/mol. The van der Waals surface area contributed by atoms with Crippen LogP contribution < -0.4 is 0 Å². The maximum Gasteiger partial charge on any atom is 0.289 e. The molecule has 1 aliphatic heterocycles. The Bertz CT molecular complexity index is 673. The Hall–Kier alpha value is -2.85. The zero-order valence-electron chi connectivity index (χ0n) is 12.2. The summed E-state index contributed by atoms with van der Waals surface area (Å²) in [5, 5.41) is 10.8. The molecule has 0 bridgehead atoms. The number of rotatable bonds is 4. The SMILES string of the molecule is [C-]#[N+]c1ccc(CN(OC)C(=O)C2=C(O)C(=O)N(C)C2)cc1. The molecule has 0 atom stereocenters. The number of hydrogen-bond donors (Lipinski definition) is 1. The van der Waals surface area contributed by atoms with Crippen molar-refractivity contribution >= 4 is 17.5 Å². The summed E-state index contributed by atoms with van der Waals surface area (Å²) in [4.78, 5) is 33.5. The lowest BCUT2D eigenvalue weighted by Gasteiger charge is -2.20. The lowest BCUT2D eigenvalue weighted by Crippen LogP contribution is -2.32. The molecule has 2 rings (SSSR count). The quantitative estimate of drug-likeness (QED) is 0.674. The number of carbonyl (C=O) groups is 2. The maximum atomic E-state index is 12.4. The van der Waals surface area contributed by atoms with Crippen LogP contribution in [0.25, 0.3) is 4.85 Å². The second-order valence-corrected chi connectivity index (χ2v) is 4.79. The van der Waals surface area contributed by atoms with E-state index in [0.717, 1.165) is 10.6 Å². The largest absolute Gasteiger partial charge is 0.503 e. The summed E-state index contributed by atoms with van der Waals surface area (Å²) in [7, 11) is 2.84. The smallest absolute Gasteiger partial charge is 0.289 e. The molecule has 1 aromatic carbocycles. The summed E-state index contributed by atoms with van der Waals surface area (Å²) in [5.74, 6) is -1.69. The molecule has 0 aromatic heterocycles. The molecule has 0 radical (unpaired) electrons. The second kappa shape index (κ2) is 6.28. The van der Waals surface area contributed by atoms with Crippen molar-refractivity contribution in [3.63, 3.8) is 0 Å². The van der Waals surface area contributed by atoms with Crippen LogP contribution in [-0.4, -0.2) is 47.6 Å². The van der Waals surface area contributed by atoms with Crippen LogP contribution in [-0.2, 0) is 21.0 Å². The molecule has 1 N–H and O–H groups in total. The van der Waals surface area contributed by atoms with E-state index in [9.17, 15) is 14.7 Å². The van der Waals surface area contributed by atoms with E-state index < -0.39 is 17.6 Å². The van der Waals surface area contributed by atoms with Crippen LogP contribution in [0.2, 0.25) is 0 Å². The summed E-state index contributed by atoms with van der Waals surface area (Å²) in [6.45, 7) is 7.08. The van der Waals surface area contributed by atoms with E-state index in [1.807, 2.05) is 0 Å². The van der Waals surface area contributed by atoms with E-state index >= 15 is 0 Å². The van der Waals surface area contributed by atoms with Crippen molar-refractivity contribution < 1.29 is 19.5 Å². The molecule has 1 aromatic rings. The van der Waals surface area contributed by atoms with E-state index in [0.29, 0.717) is 5.69 Å². The average Bonchev–Trinajstić information content (AvgIpc) is 2.80. The number of hydroxylamine groups is 2. The van der Waals surface area contributed by atoms with Gasteiger partial charge in [-0.1, -0.05) is 24.3 Å². The maximum absolute atomic E-state index is 12.4. The van der Waals surface area contributed by atoms with Gasteiger partial charge in [0.25, 0.3) is 11.8 Å². The lowest BCUT2D eigenvalue weighted by atomic mass is 10.2. The number of aliphatic hydroxyl groups is 1. The topological polar surface area (TPSA) is 74.4 Å². The first-order valence-corrected chi connectivity index (χ1v) is 6.48. The van der Waals surface area contributed by atoms with Gasteiger partial charge < -0.3 is 10.0 Å². The van der Waals surface area contributed by atoms with Gasteiger partial charge in [-0.3, -0.25) is 14.4 Å². The van der Waals surface area contributed by atoms with Crippen molar-refractivity contribution in [2.45, 2.75) is 6.54 Å². The van der Waals surface area contributed by atoms with Crippen molar-refractivity contribution in [1.29, 1.82) is 0 Å². The summed E-state index contributed by atoms with van der Waals surface area (Å²) in [5.41, 5.74) is 1.27. The lowest BCUT2D eigenvalue weighted by molar-refractivity contribution is -0.174. The predicted octanol–water partition coefficient (Wildman–Crippen LogP) is 1.41. The minimum atomic E-state index is -0.583. The Balaban J connectivity index is 2.16. The highest BCUT2D eigenvalue weighted by Crippen LogP contribution is 2.20. The van der Waals surface area contributed by atoms with Crippen LogP contribution in [0.1, 0.15) is 5.56 Å². The number of carbonyl (C=O) groups excluding carboxylic acids is 2. The van der Waals surface area contributed by atoms with Crippen molar-refractivity contribution in [1.82, 2.24) is 9.96 Å². The van der Waals surface area contributed by atoms with Gasteiger partial charge in [-0.05, 0) is 5.56 Å². The molecule has 1 aliphatic rings. The van der Waals surface area contributed by atoms with E-state index in [1.165, 1.54) is 19.1 Å². The highest BCUT2D eigenvalue weighted by atomic mass is 16.7. The summed E-state index contributed by atoms with van der Waals surface area (Å²) in [6.07, 6.45) is 0. The highest BCUT2D eigenvalue weighted by Gasteiger charge is 2.34. The first kappa shape index (κ1) is 15.5. The normalized spacial score (nSPS) is 14.2. The van der Waals surface area contributed by atoms with Gasteiger partial charge in [-0.25, -0.2) is 9.91 Å². The number of aliphatic hydroxyl groups excluding tert-OH is 1. The molecule has 0 aliphatic carbocycles. The van der Waals surface area contributed by atoms with Crippen LogP contribution in [0.3, 0.4) is 0 Å². The monoisotopic (exact) mass is 301 g/mol. The standard InChI is InChI=1S/C15H15N3O4/c1-16-11-6-4-10(5-7-11)8-18(22-3)14(20)12-9-17(2)15(21)13(12)19/h4-7,19H,8-9H2,2-3H3. The first-order chi connectivity index (χ1) is 10.5. The van der Waals surface area contributed by atoms with E-state index in [4.69, 9.17) is 11.4 Å². The van der Waals surface area contributed by atoms with Crippen LogP contribution in [0.4, 0.5) is 5.69 Å². The van der Waals surface area contributed by atoms with Crippen LogP contribution >= 0.6 is 0 Å². The fourth-order valence-corrected chi connectivity index (χ4v) is 2.07.